The molecule has 0 aliphatic carbocycles. The molecule has 2 aromatic rings. The van der Waals surface area contributed by atoms with Crippen LogP contribution in [-0.4, -0.2) is 17.6 Å². The van der Waals surface area contributed by atoms with Crippen LogP contribution in [0, 0.1) is 18.3 Å². The molecule has 2 unspecified atom stereocenters. The van der Waals surface area contributed by atoms with Crippen molar-refractivity contribution in [2.75, 3.05) is 6.61 Å². The lowest BCUT2D eigenvalue weighted by molar-refractivity contribution is -0.143. The van der Waals surface area contributed by atoms with Gasteiger partial charge in [0, 0.05) is 22.8 Å². The molecule has 0 aliphatic heterocycles. The fourth-order valence-corrected chi connectivity index (χ4v) is 3.26. The van der Waals surface area contributed by atoms with Gasteiger partial charge in [0.1, 0.15) is 0 Å². The summed E-state index contributed by atoms with van der Waals surface area (Å²) in [5.41, 5.74) is 2.78. The second-order valence-corrected chi connectivity index (χ2v) is 6.43. The van der Waals surface area contributed by atoms with Crippen LogP contribution in [0.2, 0.25) is 0 Å². The van der Waals surface area contributed by atoms with Gasteiger partial charge >= 0.3 is 5.97 Å². The molecular formula is C19H19BrN2O2. The molecule has 0 N–H and O–H groups in total. The topological polar surface area (TPSA) is 63.0 Å². The number of carbonyl (C=O) groups is 1. The third-order valence-corrected chi connectivity index (χ3v) is 4.41. The maximum atomic E-state index is 12.1. The van der Waals surface area contributed by atoms with E-state index in [-0.39, 0.29) is 18.3 Å². The fourth-order valence-electron chi connectivity index (χ4n) is 2.79. The normalized spacial score (nSPS) is 12.9. The third kappa shape index (κ3) is 4.42. The molecule has 0 radical (unpaired) electrons. The van der Waals surface area contributed by atoms with Gasteiger partial charge in [0.15, 0.2) is 0 Å². The van der Waals surface area contributed by atoms with Gasteiger partial charge in [-0.15, -0.1) is 0 Å². The average molecular weight is 387 g/mol. The molecule has 1 aromatic carbocycles. The summed E-state index contributed by atoms with van der Waals surface area (Å²) in [5, 5.41) is 9.81. The van der Waals surface area contributed by atoms with Crippen LogP contribution in [0.5, 0.6) is 0 Å². The number of aryl methyl sites for hydroxylation is 1. The molecule has 1 heterocycles. The van der Waals surface area contributed by atoms with Gasteiger partial charge in [0.05, 0.1) is 25.0 Å². The van der Waals surface area contributed by atoms with E-state index in [9.17, 15) is 10.1 Å². The van der Waals surface area contributed by atoms with E-state index in [1.165, 1.54) is 0 Å². The first-order valence-electron chi connectivity index (χ1n) is 7.78. The predicted octanol–water partition coefficient (Wildman–Crippen LogP) is 4.50. The molecule has 0 fully saturated rings. The highest BCUT2D eigenvalue weighted by atomic mass is 79.9. The van der Waals surface area contributed by atoms with Gasteiger partial charge in [-0.05, 0) is 48.7 Å². The highest BCUT2D eigenvalue weighted by molar-refractivity contribution is 9.10. The number of carbonyl (C=O) groups excluding carboxylic acids is 1. The van der Waals surface area contributed by atoms with Crippen molar-refractivity contribution in [3.05, 3.63) is 63.9 Å². The Kier molecular flexibility index (Phi) is 6.51. The van der Waals surface area contributed by atoms with Crippen LogP contribution >= 0.6 is 15.9 Å². The Labute approximate surface area is 150 Å². The summed E-state index contributed by atoms with van der Waals surface area (Å²) >= 11 is 3.44. The average Bonchev–Trinajstić information content (AvgIpc) is 2.57. The molecule has 0 saturated heterocycles. The number of hydrogen-bond acceptors (Lipinski definition) is 4. The predicted molar refractivity (Wildman–Crippen MR) is 95.5 cm³/mol. The Morgan fingerprint density at radius 1 is 1.42 bits per heavy atom. The van der Waals surface area contributed by atoms with E-state index < -0.39 is 5.92 Å². The number of rotatable bonds is 6. The summed E-state index contributed by atoms with van der Waals surface area (Å²) in [6.45, 7) is 4.07. The number of halogens is 1. The maximum absolute atomic E-state index is 12.1. The van der Waals surface area contributed by atoms with E-state index in [0.29, 0.717) is 6.61 Å². The van der Waals surface area contributed by atoms with Crippen LogP contribution in [0.15, 0.2) is 47.2 Å². The molecule has 124 valence electrons. The molecule has 2 rings (SSSR count). The van der Waals surface area contributed by atoms with Gasteiger partial charge in [0.25, 0.3) is 0 Å². The zero-order valence-electron chi connectivity index (χ0n) is 13.7. The number of benzene rings is 1. The van der Waals surface area contributed by atoms with E-state index in [2.05, 4.69) is 27.0 Å². The molecule has 2 atom stereocenters. The second-order valence-electron chi connectivity index (χ2n) is 5.51. The van der Waals surface area contributed by atoms with E-state index in [0.717, 1.165) is 21.2 Å². The van der Waals surface area contributed by atoms with Gasteiger partial charge < -0.3 is 4.74 Å². The molecule has 0 saturated carbocycles. The van der Waals surface area contributed by atoms with Gasteiger partial charge in [0.2, 0.25) is 0 Å². The van der Waals surface area contributed by atoms with Crippen molar-refractivity contribution in [2.45, 2.75) is 32.1 Å². The SMILES string of the molecule is CCOC(=O)CC(c1cccnc1)C(C#N)c1ccc(Br)cc1C. The number of nitriles is 1. The summed E-state index contributed by atoms with van der Waals surface area (Å²) in [6, 6.07) is 11.9. The Hall–Kier alpha value is -2.19. The first-order valence-corrected chi connectivity index (χ1v) is 8.57. The van der Waals surface area contributed by atoms with E-state index >= 15 is 0 Å². The quantitative estimate of drug-likeness (QED) is 0.685. The summed E-state index contributed by atoms with van der Waals surface area (Å²) in [6.07, 6.45) is 3.53. The fraction of sp³-hybridized carbons (Fsp3) is 0.316. The molecule has 5 heteroatoms. The molecule has 0 bridgehead atoms. The van der Waals surface area contributed by atoms with E-state index in [1.807, 2.05) is 37.3 Å². The lowest BCUT2D eigenvalue weighted by Gasteiger charge is -2.23. The van der Waals surface area contributed by atoms with Crippen LogP contribution in [0.25, 0.3) is 0 Å². The van der Waals surface area contributed by atoms with Gasteiger partial charge in [-0.1, -0.05) is 28.1 Å². The smallest absolute Gasteiger partial charge is 0.306 e. The number of hydrogen-bond donors (Lipinski definition) is 0. The number of esters is 1. The zero-order valence-corrected chi connectivity index (χ0v) is 15.3. The third-order valence-electron chi connectivity index (χ3n) is 3.91. The summed E-state index contributed by atoms with van der Waals surface area (Å²) < 4.78 is 6.06. The number of aromatic nitrogens is 1. The minimum Gasteiger partial charge on any atom is -0.466 e. The zero-order chi connectivity index (χ0) is 17.5. The minimum atomic E-state index is -0.452. The van der Waals surface area contributed by atoms with Crippen molar-refractivity contribution in [1.29, 1.82) is 5.26 Å². The largest absolute Gasteiger partial charge is 0.466 e. The minimum absolute atomic E-state index is 0.146. The molecule has 1 aromatic heterocycles. The summed E-state index contributed by atoms with van der Waals surface area (Å²) in [7, 11) is 0. The lowest BCUT2D eigenvalue weighted by Crippen LogP contribution is -2.17. The van der Waals surface area contributed by atoms with Crippen LogP contribution in [0.1, 0.15) is 41.9 Å². The van der Waals surface area contributed by atoms with Gasteiger partial charge in [-0.2, -0.15) is 5.26 Å². The first kappa shape index (κ1) is 18.2. The van der Waals surface area contributed by atoms with Gasteiger partial charge in [-0.3, -0.25) is 9.78 Å². The Balaban J connectivity index is 2.43. The molecular weight excluding hydrogens is 368 g/mol. The number of ether oxygens (including phenoxy) is 1. The first-order chi connectivity index (χ1) is 11.6. The van der Waals surface area contributed by atoms with Crippen molar-refractivity contribution in [3.8, 4) is 6.07 Å². The standard InChI is InChI=1S/C19H19BrN2O2/c1-3-24-19(23)10-17(14-5-4-8-22-12-14)18(11-21)16-7-6-15(20)9-13(16)2/h4-9,12,17-18H,3,10H2,1-2H3. The Morgan fingerprint density at radius 2 is 2.21 bits per heavy atom. The number of nitrogens with zero attached hydrogens (tertiary/aromatic N) is 2. The molecule has 4 nitrogen and oxygen atoms in total. The molecule has 24 heavy (non-hydrogen) atoms. The van der Waals surface area contributed by atoms with E-state index in [1.54, 1.807) is 19.3 Å². The maximum Gasteiger partial charge on any atom is 0.306 e. The van der Waals surface area contributed by atoms with E-state index in [4.69, 9.17) is 4.74 Å². The van der Waals surface area contributed by atoms with Crippen molar-refractivity contribution >= 4 is 21.9 Å². The van der Waals surface area contributed by atoms with Crippen LogP contribution in [0.4, 0.5) is 0 Å². The molecule has 0 spiro atoms. The lowest BCUT2D eigenvalue weighted by atomic mass is 9.79. The van der Waals surface area contributed by atoms with Crippen molar-refractivity contribution in [3.63, 3.8) is 0 Å². The van der Waals surface area contributed by atoms with Crippen molar-refractivity contribution < 1.29 is 9.53 Å². The summed E-state index contributed by atoms with van der Waals surface area (Å²) in [5.74, 6) is -1.06. The van der Waals surface area contributed by atoms with Crippen LogP contribution in [0.3, 0.4) is 0 Å². The van der Waals surface area contributed by atoms with Crippen LogP contribution < -0.4 is 0 Å². The second kappa shape index (κ2) is 8.60. The van der Waals surface area contributed by atoms with Crippen molar-refractivity contribution in [1.82, 2.24) is 4.98 Å². The highest BCUT2D eigenvalue weighted by Crippen LogP contribution is 2.37. The van der Waals surface area contributed by atoms with Crippen LogP contribution in [-0.2, 0) is 9.53 Å². The molecule has 0 aliphatic rings. The Morgan fingerprint density at radius 3 is 2.79 bits per heavy atom. The monoisotopic (exact) mass is 386 g/mol. The Bertz CT molecular complexity index is 741. The number of pyridine rings is 1. The summed E-state index contributed by atoms with van der Waals surface area (Å²) in [4.78, 5) is 16.2. The van der Waals surface area contributed by atoms with Gasteiger partial charge in [-0.25, -0.2) is 0 Å². The molecule has 0 amide bonds. The highest BCUT2D eigenvalue weighted by Gasteiger charge is 2.29. The van der Waals surface area contributed by atoms with Crippen molar-refractivity contribution in [2.24, 2.45) is 0 Å².